The van der Waals surface area contributed by atoms with Crippen molar-refractivity contribution in [1.29, 1.82) is 26.3 Å². The molecule has 0 N–H and O–H groups in total. The lowest BCUT2D eigenvalue weighted by Crippen LogP contribution is -2.12. The zero-order valence-electron chi connectivity index (χ0n) is 43.6. The van der Waals surface area contributed by atoms with E-state index in [1.165, 1.54) is 0 Å². The van der Waals surface area contributed by atoms with Crippen LogP contribution in [0.4, 0.5) is 0 Å². The van der Waals surface area contributed by atoms with Crippen LogP contribution in [0.15, 0.2) is 91.0 Å². The minimum absolute atomic E-state index is 0.292. The SMILES string of the molecule is CC(C)Cc1cc2cc(c1)C(C#N)=Cc1cc(cc(C(C)(C)C)c1)C(C#N)=Cc1cc(cc(C(C)(C)C)c1)C(C#N)=Cc1cc(cc(C(C)(C)C)c1)C(C#N)=Cc1cc(cc(C(C)(C)C)c1)C(C#N)=C2. The van der Waals surface area contributed by atoms with Crippen molar-refractivity contribution in [2.45, 2.75) is 125 Å². The first-order chi connectivity index (χ1) is 32.7. The Hall–Kier alpha value is -7.75. The van der Waals surface area contributed by atoms with E-state index in [1.807, 2.05) is 60.7 Å². The molecule has 5 nitrogen and oxygen atoms in total. The highest BCUT2D eigenvalue weighted by molar-refractivity contribution is 5.98. The summed E-state index contributed by atoms with van der Waals surface area (Å²) in [5.74, 6) is 0.332. The van der Waals surface area contributed by atoms with Gasteiger partial charge in [0.2, 0.25) is 0 Å². The molecule has 10 bridgehead atoms. The van der Waals surface area contributed by atoms with Crippen molar-refractivity contribution >= 4 is 58.2 Å². The fourth-order valence-electron chi connectivity index (χ4n) is 8.57. The van der Waals surface area contributed by atoms with Gasteiger partial charge in [-0.1, -0.05) is 133 Å². The summed E-state index contributed by atoms with van der Waals surface area (Å²) in [4.78, 5) is 0. The van der Waals surface area contributed by atoms with E-state index in [9.17, 15) is 26.3 Å². The maximum Gasteiger partial charge on any atom is 0.0998 e. The molecule has 5 heteroatoms. The van der Waals surface area contributed by atoms with Gasteiger partial charge in [-0.15, -0.1) is 0 Å². The predicted octanol–water partition coefficient (Wildman–Crippen LogP) is 16.7. The van der Waals surface area contributed by atoms with Crippen LogP contribution in [0.3, 0.4) is 0 Å². The molecule has 0 atom stereocenters. The summed E-state index contributed by atoms with van der Waals surface area (Å²) >= 11 is 0. The third-order valence-corrected chi connectivity index (χ3v) is 12.7. The molecule has 0 unspecified atom stereocenters. The van der Waals surface area contributed by atoms with Gasteiger partial charge in [-0.3, -0.25) is 0 Å². The van der Waals surface area contributed by atoms with Crippen LogP contribution in [-0.4, -0.2) is 0 Å². The van der Waals surface area contributed by atoms with E-state index in [2.05, 4.69) is 188 Å². The van der Waals surface area contributed by atoms with Crippen LogP contribution in [0, 0.1) is 62.6 Å². The Morgan fingerprint density at radius 2 is 0.529 bits per heavy atom. The molecule has 0 heterocycles. The number of allylic oxidation sites excluding steroid dienone is 5. The monoisotopic (exact) mass is 916 g/mol. The summed E-state index contributed by atoms with van der Waals surface area (Å²) in [6, 6.07) is 43.0. The minimum atomic E-state index is -0.295. The van der Waals surface area contributed by atoms with Crippen LogP contribution in [0.2, 0.25) is 0 Å². The Morgan fingerprint density at radius 3 is 0.729 bits per heavy atom. The number of benzene rings is 5. The number of hydrogen-bond acceptors (Lipinski definition) is 5. The van der Waals surface area contributed by atoms with Crippen LogP contribution in [0.5, 0.6) is 0 Å². The molecule has 0 saturated heterocycles. The standard InChI is InChI=1S/C65H65N5/c1-41(2)15-42-16-43-18-48(17-42)53(36-66)24-44-19-50(33-58(28-44)62(3,4)5)55(38-68)26-46-21-52(35-60(30-46)64(9,10)11)57(40-70)27-47-22-51(34-61(31-47)65(12,13)14)56(39-69)25-45-20-49(54(23-43)37-67)32-59(29-45)63(6,7)8/h16-35,41H,15H2,1-14H3. The van der Waals surface area contributed by atoms with Crippen LogP contribution in [-0.2, 0) is 28.1 Å². The van der Waals surface area contributed by atoms with Crippen molar-refractivity contribution in [2.75, 3.05) is 0 Å². The predicted molar refractivity (Wildman–Crippen MR) is 293 cm³/mol. The van der Waals surface area contributed by atoms with E-state index in [-0.39, 0.29) is 21.7 Å². The number of rotatable bonds is 2. The Kier molecular flexibility index (Phi) is 14.8. The first-order valence-corrected chi connectivity index (χ1v) is 24.1. The third-order valence-electron chi connectivity index (χ3n) is 12.7. The molecule has 0 saturated carbocycles. The van der Waals surface area contributed by atoms with Crippen molar-refractivity contribution in [3.8, 4) is 30.3 Å². The third kappa shape index (κ3) is 12.5. The Balaban J connectivity index is 1.79. The van der Waals surface area contributed by atoms with Gasteiger partial charge < -0.3 is 0 Å². The average Bonchev–Trinajstić information content (AvgIpc) is 3.27. The smallest absolute Gasteiger partial charge is 0.0998 e. The highest BCUT2D eigenvalue weighted by Gasteiger charge is 2.22. The largest absolute Gasteiger partial charge is 0.192 e. The topological polar surface area (TPSA) is 119 Å². The van der Waals surface area contributed by atoms with E-state index in [0.717, 1.165) is 67.6 Å². The van der Waals surface area contributed by atoms with E-state index >= 15 is 0 Å². The summed E-state index contributed by atoms with van der Waals surface area (Å²) in [5.41, 5.74) is 13.6. The minimum Gasteiger partial charge on any atom is -0.192 e. The van der Waals surface area contributed by atoms with Gasteiger partial charge in [0, 0.05) is 0 Å². The molecule has 350 valence electrons. The summed E-state index contributed by atoms with van der Waals surface area (Å²) < 4.78 is 0. The molecule has 0 aliphatic heterocycles. The average molecular weight is 916 g/mol. The number of nitriles is 5. The molecule has 5 aromatic carbocycles. The quantitative estimate of drug-likeness (QED) is 0.175. The van der Waals surface area contributed by atoms with E-state index in [4.69, 9.17) is 0 Å². The molecular formula is C65H65N5. The van der Waals surface area contributed by atoms with Crippen molar-refractivity contribution in [3.63, 3.8) is 0 Å². The Bertz CT molecular complexity index is 3250. The Labute approximate surface area is 418 Å². The summed E-state index contributed by atoms with van der Waals surface area (Å²) in [5, 5.41) is 54.6. The van der Waals surface area contributed by atoms with Crippen LogP contribution in [0.1, 0.15) is 180 Å². The van der Waals surface area contributed by atoms with Crippen LogP contribution in [0.25, 0.3) is 58.2 Å². The lowest BCUT2D eigenvalue weighted by molar-refractivity contribution is 0.589. The van der Waals surface area contributed by atoms with Gasteiger partial charge in [0.05, 0.1) is 58.2 Å². The van der Waals surface area contributed by atoms with Crippen molar-refractivity contribution < 1.29 is 0 Å². The molecule has 0 amide bonds. The highest BCUT2D eigenvalue weighted by Crippen LogP contribution is 2.36. The van der Waals surface area contributed by atoms with Crippen molar-refractivity contribution in [1.82, 2.24) is 0 Å². The van der Waals surface area contributed by atoms with Gasteiger partial charge in [-0.2, -0.15) is 26.3 Å². The van der Waals surface area contributed by atoms with Crippen molar-refractivity contribution in [3.05, 3.63) is 174 Å². The normalized spacial score (nSPS) is 13.5. The fourth-order valence-corrected chi connectivity index (χ4v) is 8.57. The van der Waals surface area contributed by atoms with Gasteiger partial charge in [0.1, 0.15) is 0 Å². The summed E-state index contributed by atoms with van der Waals surface area (Å²) in [6.07, 6.45) is 10.2. The lowest BCUT2D eigenvalue weighted by Gasteiger charge is -2.22. The van der Waals surface area contributed by atoms with Crippen LogP contribution >= 0.6 is 0 Å². The van der Waals surface area contributed by atoms with Gasteiger partial charge in [-0.25, -0.2) is 0 Å². The fraction of sp³-hybridized carbons (Fsp3) is 0.308. The summed E-state index contributed by atoms with van der Waals surface area (Å²) in [6.45, 7) is 29.9. The number of fused-ring (bicyclic) bond motifs is 10. The molecular weight excluding hydrogens is 851 g/mol. The number of hydrogen-bond donors (Lipinski definition) is 0. The Morgan fingerprint density at radius 1 is 0.314 bits per heavy atom. The van der Waals surface area contributed by atoms with Gasteiger partial charge in [-0.05, 0) is 202 Å². The van der Waals surface area contributed by atoms with E-state index < -0.39 is 0 Å². The molecule has 0 fully saturated rings. The second-order valence-corrected chi connectivity index (χ2v) is 23.3. The summed E-state index contributed by atoms with van der Waals surface area (Å²) in [7, 11) is 0. The van der Waals surface area contributed by atoms with Gasteiger partial charge in [0.15, 0.2) is 0 Å². The molecule has 1 aliphatic rings. The zero-order valence-corrected chi connectivity index (χ0v) is 43.6. The highest BCUT2D eigenvalue weighted by atomic mass is 14.3. The second kappa shape index (κ2) is 20.1. The van der Waals surface area contributed by atoms with Crippen LogP contribution < -0.4 is 0 Å². The molecule has 6 rings (SSSR count). The molecule has 70 heavy (non-hydrogen) atoms. The second-order valence-electron chi connectivity index (χ2n) is 23.3. The van der Waals surface area contributed by atoms with E-state index in [0.29, 0.717) is 56.0 Å². The zero-order chi connectivity index (χ0) is 51.5. The van der Waals surface area contributed by atoms with Gasteiger partial charge >= 0.3 is 0 Å². The molecule has 5 aromatic rings. The maximum atomic E-state index is 10.9. The lowest BCUT2D eigenvalue weighted by atomic mass is 9.82. The first kappa shape index (κ1) is 51.6. The van der Waals surface area contributed by atoms with Gasteiger partial charge in [0.25, 0.3) is 0 Å². The molecule has 0 radical (unpaired) electrons. The maximum absolute atomic E-state index is 10.9. The molecule has 0 spiro atoms. The molecule has 0 aromatic heterocycles. The molecule has 1 aliphatic carbocycles. The van der Waals surface area contributed by atoms with E-state index in [1.54, 1.807) is 0 Å². The number of nitrogens with zero attached hydrogens (tertiary/aromatic N) is 5. The van der Waals surface area contributed by atoms with Crippen molar-refractivity contribution in [2.24, 2.45) is 5.92 Å². The first-order valence-electron chi connectivity index (χ1n) is 24.1.